The molecular formula is C15H28N2O. The number of nitrogens with one attached hydrogen (secondary N) is 1. The molecule has 3 fully saturated rings. The van der Waals surface area contributed by atoms with Gasteiger partial charge in [-0.2, -0.15) is 0 Å². The summed E-state index contributed by atoms with van der Waals surface area (Å²) in [5, 5.41) is 3.82. The molecule has 3 heteroatoms. The Kier molecular flexibility index (Phi) is 3.92. The van der Waals surface area contributed by atoms with Crippen LogP contribution < -0.4 is 5.32 Å². The van der Waals surface area contributed by atoms with Crippen molar-refractivity contribution in [2.45, 2.75) is 57.7 Å². The summed E-state index contributed by atoms with van der Waals surface area (Å²) >= 11 is 0. The van der Waals surface area contributed by atoms with Crippen molar-refractivity contribution in [1.82, 2.24) is 10.2 Å². The molecule has 18 heavy (non-hydrogen) atoms. The van der Waals surface area contributed by atoms with E-state index in [1.165, 1.54) is 38.8 Å². The van der Waals surface area contributed by atoms with Gasteiger partial charge in [0.1, 0.15) is 0 Å². The summed E-state index contributed by atoms with van der Waals surface area (Å²) in [6.07, 6.45) is 5.41. The van der Waals surface area contributed by atoms with Crippen LogP contribution >= 0.6 is 0 Å². The van der Waals surface area contributed by atoms with E-state index in [2.05, 4.69) is 24.1 Å². The summed E-state index contributed by atoms with van der Waals surface area (Å²) in [5.74, 6) is 1.76. The number of piperazine rings is 1. The third kappa shape index (κ3) is 2.59. The van der Waals surface area contributed by atoms with Gasteiger partial charge in [-0.3, -0.25) is 4.90 Å². The van der Waals surface area contributed by atoms with E-state index in [9.17, 15) is 0 Å². The lowest BCUT2D eigenvalue weighted by atomic mass is 9.92. The largest absolute Gasteiger partial charge is 0.380 e. The van der Waals surface area contributed by atoms with Gasteiger partial charge >= 0.3 is 0 Å². The quantitative estimate of drug-likeness (QED) is 0.827. The Balaban J connectivity index is 1.68. The Bertz CT molecular complexity index is 274. The van der Waals surface area contributed by atoms with Crippen LogP contribution in [0.25, 0.3) is 0 Å². The van der Waals surface area contributed by atoms with E-state index in [-0.39, 0.29) is 0 Å². The molecule has 0 bridgehead atoms. The van der Waals surface area contributed by atoms with Crippen LogP contribution in [0.3, 0.4) is 0 Å². The van der Waals surface area contributed by atoms with Crippen LogP contribution in [0.1, 0.15) is 39.5 Å². The van der Waals surface area contributed by atoms with Gasteiger partial charge in [-0.25, -0.2) is 0 Å². The molecule has 2 aliphatic heterocycles. The lowest BCUT2D eigenvalue weighted by Crippen LogP contribution is -2.62. The normalized spacial score (nSPS) is 40.0. The van der Waals surface area contributed by atoms with E-state index >= 15 is 0 Å². The molecule has 0 aromatic rings. The maximum atomic E-state index is 5.62. The topological polar surface area (TPSA) is 24.5 Å². The minimum atomic E-state index is 0.687. The standard InChI is InChI=1S/C15H28N2O/c1-3-11(2)15-8-16-14(12-4-5-12)9-17(15)13-6-7-18-10-13/h11-16H,3-10H2,1-2H3. The smallest absolute Gasteiger partial charge is 0.0622 e. The molecule has 1 saturated carbocycles. The van der Waals surface area contributed by atoms with E-state index in [0.717, 1.165) is 37.1 Å². The molecule has 2 heterocycles. The molecule has 3 aliphatic rings. The fraction of sp³-hybridized carbons (Fsp3) is 1.00. The van der Waals surface area contributed by atoms with Crippen LogP contribution in [-0.4, -0.2) is 49.3 Å². The lowest BCUT2D eigenvalue weighted by Gasteiger charge is -2.46. The predicted molar refractivity (Wildman–Crippen MR) is 73.7 cm³/mol. The van der Waals surface area contributed by atoms with Gasteiger partial charge in [0.2, 0.25) is 0 Å². The molecule has 104 valence electrons. The highest BCUT2D eigenvalue weighted by atomic mass is 16.5. The Hall–Kier alpha value is -0.120. The zero-order valence-electron chi connectivity index (χ0n) is 11.9. The Morgan fingerprint density at radius 2 is 2.17 bits per heavy atom. The molecule has 3 rings (SSSR count). The molecule has 4 unspecified atom stereocenters. The van der Waals surface area contributed by atoms with Crippen molar-refractivity contribution in [3.8, 4) is 0 Å². The fourth-order valence-corrected chi connectivity index (χ4v) is 3.63. The van der Waals surface area contributed by atoms with E-state index in [1.807, 2.05) is 0 Å². The van der Waals surface area contributed by atoms with Crippen LogP contribution in [0.2, 0.25) is 0 Å². The third-order valence-electron chi connectivity index (χ3n) is 5.29. The van der Waals surface area contributed by atoms with Crippen LogP contribution in [0, 0.1) is 11.8 Å². The summed E-state index contributed by atoms with van der Waals surface area (Å²) in [6, 6.07) is 2.16. The molecule has 0 spiro atoms. The zero-order chi connectivity index (χ0) is 12.5. The van der Waals surface area contributed by atoms with Gasteiger partial charge in [0, 0.05) is 37.8 Å². The van der Waals surface area contributed by atoms with Gasteiger partial charge in [-0.1, -0.05) is 20.3 Å². The van der Waals surface area contributed by atoms with Crippen molar-refractivity contribution in [2.75, 3.05) is 26.3 Å². The number of hydrogen-bond acceptors (Lipinski definition) is 3. The average Bonchev–Trinajstić information content (AvgIpc) is 3.12. The highest BCUT2D eigenvalue weighted by Gasteiger charge is 2.41. The minimum absolute atomic E-state index is 0.687. The first-order chi connectivity index (χ1) is 8.79. The minimum Gasteiger partial charge on any atom is -0.380 e. The summed E-state index contributed by atoms with van der Waals surface area (Å²) in [5.41, 5.74) is 0. The number of rotatable bonds is 4. The second-order valence-electron chi connectivity index (χ2n) is 6.52. The molecule has 4 atom stereocenters. The van der Waals surface area contributed by atoms with Crippen LogP contribution in [0.4, 0.5) is 0 Å². The summed E-state index contributed by atoms with van der Waals surface area (Å²) in [6.45, 7) is 9.11. The van der Waals surface area contributed by atoms with Crippen LogP contribution in [-0.2, 0) is 4.74 Å². The molecule has 2 saturated heterocycles. The van der Waals surface area contributed by atoms with E-state index in [4.69, 9.17) is 4.74 Å². The SMILES string of the molecule is CCC(C)C1CNC(C2CC2)CN1C1CCOC1. The molecule has 0 amide bonds. The first-order valence-corrected chi connectivity index (χ1v) is 7.86. The van der Waals surface area contributed by atoms with Crippen LogP contribution in [0.5, 0.6) is 0 Å². The Morgan fingerprint density at radius 1 is 1.33 bits per heavy atom. The second-order valence-corrected chi connectivity index (χ2v) is 6.52. The third-order valence-corrected chi connectivity index (χ3v) is 5.29. The highest BCUT2D eigenvalue weighted by Crippen LogP contribution is 2.36. The van der Waals surface area contributed by atoms with Gasteiger partial charge in [0.05, 0.1) is 6.61 Å². The van der Waals surface area contributed by atoms with Gasteiger partial charge in [0.15, 0.2) is 0 Å². The first-order valence-electron chi connectivity index (χ1n) is 7.86. The molecule has 1 aliphatic carbocycles. The van der Waals surface area contributed by atoms with E-state index in [1.54, 1.807) is 0 Å². The first kappa shape index (κ1) is 12.9. The summed E-state index contributed by atoms with van der Waals surface area (Å²) < 4.78 is 5.62. The van der Waals surface area contributed by atoms with E-state index in [0.29, 0.717) is 6.04 Å². The monoisotopic (exact) mass is 252 g/mol. The van der Waals surface area contributed by atoms with Gasteiger partial charge in [-0.05, 0) is 31.1 Å². The molecule has 1 N–H and O–H groups in total. The van der Waals surface area contributed by atoms with Gasteiger partial charge < -0.3 is 10.1 Å². The van der Waals surface area contributed by atoms with Crippen molar-refractivity contribution < 1.29 is 4.74 Å². The van der Waals surface area contributed by atoms with Crippen molar-refractivity contribution in [3.05, 3.63) is 0 Å². The number of hydrogen-bond donors (Lipinski definition) is 1. The van der Waals surface area contributed by atoms with E-state index < -0.39 is 0 Å². The van der Waals surface area contributed by atoms with Crippen molar-refractivity contribution in [2.24, 2.45) is 11.8 Å². The average molecular weight is 252 g/mol. The molecule has 0 aromatic carbocycles. The van der Waals surface area contributed by atoms with Gasteiger partial charge in [-0.15, -0.1) is 0 Å². The maximum Gasteiger partial charge on any atom is 0.0622 e. The van der Waals surface area contributed by atoms with Gasteiger partial charge in [0.25, 0.3) is 0 Å². The fourth-order valence-electron chi connectivity index (χ4n) is 3.63. The zero-order valence-corrected chi connectivity index (χ0v) is 11.9. The summed E-state index contributed by atoms with van der Waals surface area (Å²) in [7, 11) is 0. The molecule has 0 aromatic heterocycles. The maximum absolute atomic E-state index is 5.62. The molecule has 3 nitrogen and oxygen atoms in total. The van der Waals surface area contributed by atoms with Crippen LogP contribution in [0.15, 0.2) is 0 Å². The Morgan fingerprint density at radius 3 is 2.78 bits per heavy atom. The Labute approximate surface area is 111 Å². The molecular weight excluding hydrogens is 224 g/mol. The van der Waals surface area contributed by atoms with Crippen molar-refractivity contribution in [3.63, 3.8) is 0 Å². The number of ether oxygens (including phenoxy) is 1. The van der Waals surface area contributed by atoms with Crippen molar-refractivity contribution in [1.29, 1.82) is 0 Å². The lowest BCUT2D eigenvalue weighted by molar-refractivity contribution is 0.0392. The summed E-state index contributed by atoms with van der Waals surface area (Å²) in [4.78, 5) is 2.79. The second kappa shape index (κ2) is 5.48. The highest BCUT2D eigenvalue weighted by molar-refractivity contribution is 4.98. The van der Waals surface area contributed by atoms with Crippen molar-refractivity contribution >= 4 is 0 Å². The predicted octanol–water partition coefficient (Wildman–Crippen LogP) is 1.87. The number of nitrogens with zero attached hydrogens (tertiary/aromatic N) is 1. The molecule has 0 radical (unpaired) electrons.